The number of carbonyl (C=O) groups is 2. The molecule has 1 heterocycles. The average Bonchev–Trinajstić information content (AvgIpc) is 3.03. The van der Waals surface area contributed by atoms with E-state index in [2.05, 4.69) is 5.32 Å². The molecule has 1 atom stereocenters. The van der Waals surface area contributed by atoms with Gasteiger partial charge in [0.15, 0.2) is 0 Å². The second-order valence-electron chi connectivity index (χ2n) is 5.37. The topological polar surface area (TPSA) is 58.6 Å². The maximum atomic E-state index is 12.2. The Labute approximate surface area is 145 Å². The highest BCUT2D eigenvalue weighted by molar-refractivity contribution is 6.36. The number of nitrogens with one attached hydrogen (secondary N) is 1. The van der Waals surface area contributed by atoms with Crippen LogP contribution < -0.4 is 5.32 Å². The van der Waals surface area contributed by atoms with Gasteiger partial charge in [-0.2, -0.15) is 0 Å². The van der Waals surface area contributed by atoms with Crippen LogP contribution in [0.3, 0.4) is 0 Å². The minimum absolute atomic E-state index is 0.0711. The van der Waals surface area contributed by atoms with Crippen LogP contribution in [0.25, 0.3) is 0 Å². The summed E-state index contributed by atoms with van der Waals surface area (Å²) in [6, 6.07) is 4.62. The van der Waals surface area contributed by atoms with Crippen LogP contribution in [-0.4, -0.2) is 49.1 Å². The molecule has 1 aromatic carbocycles. The highest BCUT2D eigenvalue weighted by Gasteiger charge is 2.22. The summed E-state index contributed by atoms with van der Waals surface area (Å²) in [5.41, 5.74) is 0.297. The molecule has 1 N–H and O–H groups in total. The van der Waals surface area contributed by atoms with E-state index < -0.39 is 5.91 Å². The first-order valence-electron chi connectivity index (χ1n) is 7.64. The first kappa shape index (κ1) is 18.0. The molecular weight excluding hydrogens is 339 g/mol. The van der Waals surface area contributed by atoms with Crippen LogP contribution in [-0.2, 0) is 9.53 Å². The smallest absolute Gasteiger partial charge is 0.253 e. The molecule has 0 radical (unpaired) electrons. The number of hydrogen-bond donors (Lipinski definition) is 1. The summed E-state index contributed by atoms with van der Waals surface area (Å²) < 4.78 is 5.55. The molecule has 1 aromatic rings. The molecule has 2 amide bonds. The number of benzene rings is 1. The Hall–Kier alpha value is -1.30. The summed E-state index contributed by atoms with van der Waals surface area (Å²) in [4.78, 5) is 26.0. The zero-order valence-electron chi connectivity index (χ0n) is 13.0. The van der Waals surface area contributed by atoms with Crippen molar-refractivity contribution in [3.05, 3.63) is 33.8 Å². The van der Waals surface area contributed by atoms with Crippen molar-refractivity contribution in [1.82, 2.24) is 10.2 Å². The minimum atomic E-state index is -0.395. The standard InChI is InChI=1S/C16H20Cl2N2O3/c1-2-20(10-12-4-3-7-23-12)15(21)9-19-16(22)13-6-5-11(17)8-14(13)18/h5-6,8,12H,2-4,7,9-10H2,1H3,(H,19,22). The summed E-state index contributed by atoms with van der Waals surface area (Å²) in [7, 11) is 0. The number of ether oxygens (including phenoxy) is 1. The second-order valence-corrected chi connectivity index (χ2v) is 6.22. The van der Waals surface area contributed by atoms with Crippen LogP contribution in [0.2, 0.25) is 10.0 Å². The summed E-state index contributed by atoms with van der Waals surface area (Å²) >= 11 is 11.8. The molecule has 1 aliphatic rings. The van der Waals surface area contributed by atoms with Gasteiger partial charge in [-0.3, -0.25) is 9.59 Å². The number of amides is 2. The normalized spacial score (nSPS) is 17.1. The van der Waals surface area contributed by atoms with Gasteiger partial charge < -0.3 is 15.0 Å². The van der Waals surface area contributed by atoms with Gasteiger partial charge in [-0.05, 0) is 38.0 Å². The minimum Gasteiger partial charge on any atom is -0.376 e. The van der Waals surface area contributed by atoms with Crippen molar-refractivity contribution in [2.45, 2.75) is 25.9 Å². The van der Waals surface area contributed by atoms with Crippen molar-refractivity contribution >= 4 is 35.0 Å². The number of rotatable bonds is 6. The zero-order chi connectivity index (χ0) is 16.8. The van der Waals surface area contributed by atoms with Crippen molar-refractivity contribution in [3.63, 3.8) is 0 Å². The van der Waals surface area contributed by atoms with Crippen molar-refractivity contribution in [3.8, 4) is 0 Å². The van der Waals surface area contributed by atoms with E-state index in [1.807, 2.05) is 6.92 Å². The number of hydrogen-bond acceptors (Lipinski definition) is 3. The number of nitrogens with zero attached hydrogens (tertiary/aromatic N) is 1. The molecule has 0 bridgehead atoms. The fraction of sp³-hybridized carbons (Fsp3) is 0.500. The van der Waals surface area contributed by atoms with Crippen LogP contribution in [0.5, 0.6) is 0 Å². The second kappa shape index (κ2) is 8.52. The predicted molar refractivity (Wildman–Crippen MR) is 90.0 cm³/mol. The van der Waals surface area contributed by atoms with E-state index in [9.17, 15) is 9.59 Å². The van der Waals surface area contributed by atoms with E-state index in [1.54, 1.807) is 11.0 Å². The molecular formula is C16H20Cl2N2O3. The summed E-state index contributed by atoms with van der Waals surface area (Å²) in [5, 5.41) is 3.31. The van der Waals surface area contributed by atoms with Crippen molar-refractivity contribution in [2.24, 2.45) is 0 Å². The Kier molecular flexibility index (Phi) is 6.69. The molecule has 1 saturated heterocycles. The molecule has 5 nitrogen and oxygen atoms in total. The van der Waals surface area contributed by atoms with Gasteiger partial charge in [0, 0.05) is 24.7 Å². The molecule has 0 saturated carbocycles. The maximum absolute atomic E-state index is 12.2. The lowest BCUT2D eigenvalue weighted by Gasteiger charge is -2.24. The highest BCUT2D eigenvalue weighted by Crippen LogP contribution is 2.20. The quantitative estimate of drug-likeness (QED) is 0.850. The third-order valence-electron chi connectivity index (χ3n) is 3.76. The number of halogens is 2. The van der Waals surface area contributed by atoms with E-state index in [0.29, 0.717) is 23.7 Å². The Bertz CT molecular complexity index is 574. The van der Waals surface area contributed by atoms with Crippen molar-refractivity contribution in [1.29, 1.82) is 0 Å². The first-order valence-corrected chi connectivity index (χ1v) is 8.39. The van der Waals surface area contributed by atoms with Gasteiger partial charge in [-0.1, -0.05) is 23.2 Å². The van der Waals surface area contributed by atoms with Gasteiger partial charge in [0.1, 0.15) is 0 Å². The maximum Gasteiger partial charge on any atom is 0.253 e. The Morgan fingerprint density at radius 3 is 2.78 bits per heavy atom. The highest BCUT2D eigenvalue weighted by atomic mass is 35.5. The summed E-state index contributed by atoms with van der Waals surface area (Å²) in [6.07, 6.45) is 2.10. The molecule has 2 rings (SSSR count). The van der Waals surface area contributed by atoms with Gasteiger partial charge in [0.2, 0.25) is 5.91 Å². The zero-order valence-corrected chi connectivity index (χ0v) is 14.5. The van der Waals surface area contributed by atoms with Gasteiger partial charge in [0.25, 0.3) is 5.91 Å². The first-order chi connectivity index (χ1) is 11.0. The molecule has 23 heavy (non-hydrogen) atoms. The average molecular weight is 359 g/mol. The van der Waals surface area contributed by atoms with Crippen LogP contribution in [0, 0.1) is 0 Å². The van der Waals surface area contributed by atoms with Gasteiger partial charge in [0.05, 0.1) is 23.2 Å². The molecule has 0 spiro atoms. The Morgan fingerprint density at radius 2 is 2.17 bits per heavy atom. The molecule has 1 fully saturated rings. The monoisotopic (exact) mass is 358 g/mol. The van der Waals surface area contributed by atoms with E-state index in [0.717, 1.165) is 19.4 Å². The third kappa shape index (κ3) is 5.09. The van der Waals surface area contributed by atoms with Gasteiger partial charge in [-0.25, -0.2) is 0 Å². The van der Waals surface area contributed by atoms with E-state index in [1.165, 1.54) is 12.1 Å². The van der Waals surface area contributed by atoms with Crippen LogP contribution in [0.1, 0.15) is 30.1 Å². The number of carbonyl (C=O) groups excluding carboxylic acids is 2. The van der Waals surface area contributed by atoms with Gasteiger partial charge >= 0.3 is 0 Å². The molecule has 126 valence electrons. The molecule has 0 aliphatic carbocycles. The van der Waals surface area contributed by atoms with Crippen molar-refractivity contribution in [2.75, 3.05) is 26.2 Å². The Morgan fingerprint density at radius 1 is 1.39 bits per heavy atom. The van der Waals surface area contributed by atoms with Crippen LogP contribution >= 0.6 is 23.2 Å². The van der Waals surface area contributed by atoms with Crippen LogP contribution in [0.15, 0.2) is 18.2 Å². The molecule has 7 heteroatoms. The van der Waals surface area contributed by atoms with E-state index in [4.69, 9.17) is 27.9 Å². The molecule has 0 aromatic heterocycles. The molecule has 1 aliphatic heterocycles. The summed E-state index contributed by atoms with van der Waals surface area (Å²) in [6.45, 7) is 3.73. The van der Waals surface area contributed by atoms with Gasteiger partial charge in [-0.15, -0.1) is 0 Å². The lowest BCUT2D eigenvalue weighted by atomic mass is 10.2. The largest absolute Gasteiger partial charge is 0.376 e. The molecule has 1 unspecified atom stereocenters. The lowest BCUT2D eigenvalue weighted by molar-refractivity contribution is -0.131. The lowest BCUT2D eigenvalue weighted by Crippen LogP contribution is -2.43. The van der Waals surface area contributed by atoms with E-state index in [-0.39, 0.29) is 23.6 Å². The number of likely N-dealkylation sites (N-methyl/N-ethyl adjacent to an activating group) is 1. The SMILES string of the molecule is CCN(CC1CCCO1)C(=O)CNC(=O)c1ccc(Cl)cc1Cl. The Balaban J connectivity index is 1.87. The van der Waals surface area contributed by atoms with Crippen LogP contribution in [0.4, 0.5) is 0 Å². The fourth-order valence-electron chi connectivity index (χ4n) is 2.48. The predicted octanol–water partition coefficient (Wildman–Crippen LogP) is 2.75. The van der Waals surface area contributed by atoms with E-state index >= 15 is 0 Å². The fourth-order valence-corrected chi connectivity index (χ4v) is 2.97. The van der Waals surface area contributed by atoms with Crippen molar-refractivity contribution < 1.29 is 14.3 Å². The summed E-state index contributed by atoms with van der Waals surface area (Å²) in [5.74, 6) is -0.533. The third-order valence-corrected chi connectivity index (χ3v) is 4.31.